The van der Waals surface area contributed by atoms with Gasteiger partial charge in [0.15, 0.2) is 17.2 Å². The highest BCUT2D eigenvalue weighted by atomic mass is 35.5. The normalized spacial score (nSPS) is 13.5. The standard InChI is InChI=1S/C22H24ClN5O3/c1-30-20-11-15-7-9-27(13-16(15)12-21(20)31-2)10-8-24-22(29)18-14-28(26-25-18)19-6-4-3-5-17(19)23/h3-6,11-12,14H,7-10,13H2,1-2H3,(H,24,29). The van der Waals surface area contributed by atoms with Gasteiger partial charge >= 0.3 is 0 Å². The number of para-hydroxylation sites is 1. The number of nitrogens with zero attached hydrogens (tertiary/aromatic N) is 4. The Morgan fingerprint density at radius 1 is 1.16 bits per heavy atom. The Balaban J connectivity index is 1.32. The highest BCUT2D eigenvalue weighted by Gasteiger charge is 2.20. The smallest absolute Gasteiger partial charge is 0.273 e. The summed E-state index contributed by atoms with van der Waals surface area (Å²) in [6.45, 7) is 2.97. The number of amides is 1. The van der Waals surface area contributed by atoms with Crippen molar-refractivity contribution >= 4 is 17.5 Å². The number of aromatic nitrogens is 3. The molecule has 4 rings (SSSR count). The van der Waals surface area contributed by atoms with Crippen LogP contribution in [0.3, 0.4) is 0 Å². The maximum atomic E-state index is 12.5. The fourth-order valence-corrected chi connectivity index (χ4v) is 3.90. The van der Waals surface area contributed by atoms with E-state index in [0.717, 1.165) is 37.6 Å². The maximum absolute atomic E-state index is 12.5. The lowest BCUT2D eigenvalue weighted by Crippen LogP contribution is -2.38. The van der Waals surface area contributed by atoms with Gasteiger partial charge in [0.1, 0.15) is 0 Å². The zero-order valence-electron chi connectivity index (χ0n) is 17.5. The molecule has 0 saturated heterocycles. The van der Waals surface area contributed by atoms with Gasteiger partial charge in [0, 0.05) is 26.2 Å². The SMILES string of the molecule is COc1cc2c(cc1OC)CN(CCNC(=O)c1cn(-c3ccccc3Cl)nn1)CC2. The van der Waals surface area contributed by atoms with Crippen molar-refractivity contribution in [1.82, 2.24) is 25.2 Å². The lowest BCUT2D eigenvalue weighted by atomic mass is 9.99. The maximum Gasteiger partial charge on any atom is 0.273 e. The first-order valence-electron chi connectivity index (χ1n) is 10.0. The minimum absolute atomic E-state index is 0.251. The van der Waals surface area contributed by atoms with Gasteiger partial charge in [-0.2, -0.15) is 0 Å². The molecule has 0 atom stereocenters. The number of ether oxygens (including phenoxy) is 2. The number of benzene rings is 2. The van der Waals surface area contributed by atoms with E-state index in [9.17, 15) is 4.79 Å². The Morgan fingerprint density at radius 3 is 2.65 bits per heavy atom. The molecule has 2 heterocycles. The van der Waals surface area contributed by atoms with Crippen molar-refractivity contribution in [3.8, 4) is 17.2 Å². The molecule has 0 unspecified atom stereocenters. The molecule has 0 fully saturated rings. The molecule has 1 aromatic heterocycles. The number of rotatable bonds is 7. The lowest BCUT2D eigenvalue weighted by Gasteiger charge is -2.29. The second kappa shape index (κ2) is 9.36. The number of methoxy groups -OCH3 is 2. The number of nitrogens with one attached hydrogen (secondary N) is 1. The van der Waals surface area contributed by atoms with Crippen molar-refractivity contribution in [3.63, 3.8) is 0 Å². The highest BCUT2D eigenvalue weighted by Crippen LogP contribution is 2.33. The number of carbonyl (C=O) groups is 1. The lowest BCUT2D eigenvalue weighted by molar-refractivity contribution is 0.0942. The molecule has 162 valence electrons. The van der Waals surface area contributed by atoms with Crippen LogP contribution in [0.15, 0.2) is 42.6 Å². The Morgan fingerprint density at radius 2 is 1.90 bits per heavy atom. The van der Waals surface area contributed by atoms with Crippen molar-refractivity contribution in [2.24, 2.45) is 0 Å². The molecule has 3 aromatic rings. The summed E-state index contributed by atoms with van der Waals surface area (Å²) in [5, 5.41) is 11.4. The van der Waals surface area contributed by atoms with E-state index in [1.54, 1.807) is 26.5 Å². The Labute approximate surface area is 185 Å². The number of hydrogen-bond acceptors (Lipinski definition) is 6. The largest absolute Gasteiger partial charge is 0.493 e. The summed E-state index contributed by atoms with van der Waals surface area (Å²) in [7, 11) is 3.29. The second-order valence-corrected chi connectivity index (χ2v) is 7.66. The quantitative estimate of drug-likeness (QED) is 0.607. The summed E-state index contributed by atoms with van der Waals surface area (Å²) in [6, 6.07) is 11.4. The van der Waals surface area contributed by atoms with Crippen molar-refractivity contribution in [3.05, 3.63) is 64.4 Å². The molecule has 0 saturated carbocycles. The summed E-state index contributed by atoms with van der Waals surface area (Å²) >= 11 is 6.18. The molecule has 1 N–H and O–H groups in total. The third-order valence-corrected chi connectivity index (χ3v) is 5.66. The van der Waals surface area contributed by atoms with Gasteiger partial charge in [0.05, 0.1) is 31.1 Å². The number of fused-ring (bicyclic) bond motifs is 1. The predicted molar refractivity (Wildman–Crippen MR) is 117 cm³/mol. The van der Waals surface area contributed by atoms with Crippen LogP contribution in [0.2, 0.25) is 5.02 Å². The fraction of sp³-hybridized carbons (Fsp3) is 0.318. The molecule has 31 heavy (non-hydrogen) atoms. The van der Waals surface area contributed by atoms with Crippen LogP contribution < -0.4 is 14.8 Å². The van der Waals surface area contributed by atoms with Crippen LogP contribution in [-0.2, 0) is 13.0 Å². The van der Waals surface area contributed by atoms with Crippen molar-refractivity contribution < 1.29 is 14.3 Å². The third-order valence-electron chi connectivity index (χ3n) is 5.34. The molecule has 0 aliphatic carbocycles. The van der Waals surface area contributed by atoms with E-state index < -0.39 is 0 Å². The zero-order chi connectivity index (χ0) is 21.8. The molecule has 2 aromatic carbocycles. The first kappa shape index (κ1) is 21.1. The van der Waals surface area contributed by atoms with Crippen molar-refractivity contribution in [2.45, 2.75) is 13.0 Å². The van der Waals surface area contributed by atoms with Gasteiger partial charge in [-0.3, -0.25) is 9.69 Å². The molecular formula is C22H24ClN5O3. The van der Waals surface area contributed by atoms with Crippen LogP contribution in [-0.4, -0.2) is 59.7 Å². The molecule has 0 bridgehead atoms. The number of halogens is 1. The number of carbonyl (C=O) groups excluding carboxylic acids is 1. The Kier molecular flexibility index (Phi) is 6.39. The average molecular weight is 442 g/mol. The van der Waals surface area contributed by atoms with Crippen molar-refractivity contribution in [1.29, 1.82) is 0 Å². The summed E-state index contributed by atoms with van der Waals surface area (Å²) < 4.78 is 12.3. The van der Waals surface area contributed by atoms with E-state index in [2.05, 4.69) is 26.6 Å². The summed E-state index contributed by atoms with van der Waals surface area (Å²) in [5.41, 5.74) is 3.42. The zero-order valence-corrected chi connectivity index (χ0v) is 18.2. The molecule has 1 aliphatic heterocycles. The van der Waals surface area contributed by atoms with Crippen LogP contribution in [0.1, 0.15) is 21.6 Å². The van der Waals surface area contributed by atoms with Gasteiger partial charge in [-0.05, 0) is 41.8 Å². The molecule has 1 aliphatic rings. The first-order chi connectivity index (χ1) is 15.1. The van der Waals surface area contributed by atoms with E-state index in [1.165, 1.54) is 15.8 Å². The molecule has 0 radical (unpaired) electrons. The van der Waals surface area contributed by atoms with Gasteiger partial charge in [-0.25, -0.2) is 4.68 Å². The van der Waals surface area contributed by atoms with Gasteiger partial charge in [0.2, 0.25) is 0 Å². The molecule has 0 spiro atoms. The Bertz CT molecular complexity index is 1080. The van der Waals surface area contributed by atoms with E-state index in [0.29, 0.717) is 17.3 Å². The molecular weight excluding hydrogens is 418 g/mol. The summed E-state index contributed by atoms with van der Waals surface area (Å²) in [6.07, 6.45) is 2.50. The van der Waals surface area contributed by atoms with E-state index >= 15 is 0 Å². The molecule has 9 heteroatoms. The summed E-state index contributed by atoms with van der Waals surface area (Å²) in [4.78, 5) is 14.8. The van der Waals surface area contributed by atoms with E-state index in [4.69, 9.17) is 21.1 Å². The average Bonchev–Trinajstić information content (AvgIpc) is 3.28. The van der Waals surface area contributed by atoms with Crippen LogP contribution in [0.5, 0.6) is 11.5 Å². The van der Waals surface area contributed by atoms with Crippen LogP contribution in [0, 0.1) is 0 Å². The molecule has 1 amide bonds. The number of hydrogen-bond donors (Lipinski definition) is 1. The second-order valence-electron chi connectivity index (χ2n) is 7.26. The summed E-state index contributed by atoms with van der Waals surface area (Å²) in [5.74, 6) is 1.23. The minimum Gasteiger partial charge on any atom is -0.493 e. The topological polar surface area (TPSA) is 81.5 Å². The fourth-order valence-electron chi connectivity index (χ4n) is 3.67. The van der Waals surface area contributed by atoms with Crippen molar-refractivity contribution in [2.75, 3.05) is 33.9 Å². The van der Waals surface area contributed by atoms with Crippen LogP contribution in [0.25, 0.3) is 5.69 Å². The Hall–Kier alpha value is -3.10. The monoisotopic (exact) mass is 441 g/mol. The van der Waals surface area contributed by atoms with Gasteiger partial charge < -0.3 is 14.8 Å². The van der Waals surface area contributed by atoms with Crippen LogP contribution >= 0.6 is 11.6 Å². The predicted octanol–water partition coefficient (Wildman–Crippen LogP) is 2.73. The minimum atomic E-state index is -0.262. The first-order valence-corrected chi connectivity index (χ1v) is 10.4. The third kappa shape index (κ3) is 4.65. The van der Waals surface area contributed by atoms with E-state index in [-0.39, 0.29) is 11.6 Å². The van der Waals surface area contributed by atoms with Gasteiger partial charge in [-0.1, -0.05) is 28.9 Å². The van der Waals surface area contributed by atoms with E-state index in [1.807, 2.05) is 24.3 Å². The van der Waals surface area contributed by atoms with Gasteiger partial charge in [-0.15, -0.1) is 5.10 Å². The molecule has 8 nitrogen and oxygen atoms in total. The highest BCUT2D eigenvalue weighted by molar-refractivity contribution is 6.32. The van der Waals surface area contributed by atoms with Gasteiger partial charge in [0.25, 0.3) is 5.91 Å². The van der Waals surface area contributed by atoms with Crippen LogP contribution in [0.4, 0.5) is 0 Å².